The van der Waals surface area contributed by atoms with Crippen LogP contribution < -0.4 is 5.32 Å². The summed E-state index contributed by atoms with van der Waals surface area (Å²) in [5.41, 5.74) is 2.72. The molecule has 21 heavy (non-hydrogen) atoms. The van der Waals surface area contributed by atoms with Crippen molar-refractivity contribution >= 4 is 0 Å². The SMILES string of the molecule is CCNC(CCN1C[C@@H](C)O[C@@H](C)C1)c1ccc(C)cc1. The van der Waals surface area contributed by atoms with Gasteiger partial charge in [-0.25, -0.2) is 0 Å². The topological polar surface area (TPSA) is 24.5 Å². The molecule has 1 fully saturated rings. The molecule has 1 saturated heterocycles. The summed E-state index contributed by atoms with van der Waals surface area (Å²) in [6, 6.07) is 9.38. The van der Waals surface area contributed by atoms with Crippen molar-refractivity contribution in [3.8, 4) is 0 Å². The largest absolute Gasteiger partial charge is 0.373 e. The van der Waals surface area contributed by atoms with Crippen LogP contribution in [-0.2, 0) is 4.74 Å². The lowest BCUT2D eigenvalue weighted by Crippen LogP contribution is -2.46. The molecule has 118 valence electrons. The van der Waals surface area contributed by atoms with E-state index in [4.69, 9.17) is 4.74 Å². The standard InChI is InChI=1S/C18H30N2O/c1-5-19-18(17-8-6-14(2)7-9-17)10-11-20-12-15(3)21-16(4)13-20/h6-9,15-16,18-19H,5,10-13H2,1-4H3/t15-,16+,18?. The van der Waals surface area contributed by atoms with Crippen LogP contribution in [0, 0.1) is 6.92 Å². The Morgan fingerprint density at radius 2 is 1.81 bits per heavy atom. The van der Waals surface area contributed by atoms with Gasteiger partial charge < -0.3 is 10.1 Å². The summed E-state index contributed by atoms with van der Waals surface area (Å²) in [5, 5.41) is 3.62. The van der Waals surface area contributed by atoms with Crippen LogP contribution in [-0.4, -0.2) is 43.3 Å². The van der Waals surface area contributed by atoms with Crippen molar-refractivity contribution in [2.45, 2.75) is 52.4 Å². The molecule has 3 heteroatoms. The molecule has 1 unspecified atom stereocenters. The van der Waals surface area contributed by atoms with Crippen molar-refractivity contribution in [1.82, 2.24) is 10.2 Å². The average Bonchev–Trinajstić information content (AvgIpc) is 2.43. The van der Waals surface area contributed by atoms with Crippen molar-refractivity contribution in [2.24, 2.45) is 0 Å². The highest BCUT2D eigenvalue weighted by Gasteiger charge is 2.22. The number of ether oxygens (including phenoxy) is 1. The Kier molecular flexibility index (Phi) is 6.22. The molecule has 0 aliphatic carbocycles. The molecule has 0 aromatic heterocycles. The van der Waals surface area contributed by atoms with Gasteiger partial charge in [-0.1, -0.05) is 36.8 Å². The Morgan fingerprint density at radius 1 is 1.19 bits per heavy atom. The van der Waals surface area contributed by atoms with Crippen LogP contribution in [0.25, 0.3) is 0 Å². The quantitative estimate of drug-likeness (QED) is 0.871. The lowest BCUT2D eigenvalue weighted by Gasteiger charge is -2.36. The Balaban J connectivity index is 1.92. The second-order valence-corrected chi connectivity index (χ2v) is 6.33. The fourth-order valence-electron chi connectivity index (χ4n) is 3.21. The highest BCUT2D eigenvalue weighted by molar-refractivity contribution is 5.24. The molecule has 2 rings (SSSR count). The van der Waals surface area contributed by atoms with E-state index in [-0.39, 0.29) is 0 Å². The maximum Gasteiger partial charge on any atom is 0.0678 e. The van der Waals surface area contributed by atoms with Crippen LogP contribution >= 0.6 is 0 Å². The number of hydrogen-bond acceptors (Lipinski definition) is 3. The molecule has 1 heterocycles. The molecule has 0 radical (unpaired) electrons. The van der Waals surface area contributed by atoms with E-state index < -0.39 is 0 Å². The van der Waals surface area contributed by atoms with Gasteiger partial charge in [0.25, 0.3) is 0 Å². The molecule has 3 atom stereocenters. The highest BCUT2D eigenvalue weighted by Crippen LogP contribution is 2.19. The van der Waals surface area contributed by atoms with Crippen LogP contribution in [0.4, 0.5) is 0 Å². The van der Waals surface area contributed by atoms with Crippen molar-refractivity contribution < 1.29 is 4.74 Å². The first-order valence-electron chi connectivity index (χ1n) is 8.26. The predicted octanol–water partition coefficient (Wildman–Crippen LogP) is 3.14. The number of nitrogens with one attached hydrogen (secondary N) is 1. The van der Waals surface area contributed by atoms with E-state index in [1.807, 2.05) is 0 Å². The van der Waals surface area contributed by atoms with E-state index in [9.17, 15) is 0 Å². The zero-order valence-electron chi connectivity index (χ0n) is 13.9. The summed E-state index contributed by atoms with van der Waals surface area (Å²) < 4.78 is 5.81. The summed E-state index contributed by atoms with van der Waals surface area (Å²) >= 11 is 0. The van der Waals surface area contributed by atoms with Crippen molar-refractivity contribution in [3.05, 3.63) is 35.4 Å². The van der Waals surface area contributed by atoms with E-state index >= 15 is 0 Å². The molecular formula is C18H30N2O. The minimum atomic E-state index is 0.353. The van der Waals surface area contributed by atoms with Gasteiger partial charge in [0, 0.05) is 25.7 Å². The third kappa shape index (κ3) is 5.10. The summed E-state index contributed by atoms with van der Waals surface area (Å²) in [5.74, 6) is 0. The van der Waals surface area contributed by atoms with Crippen molar-refractivity contribution in [1.29, 1.82) is 0 Å². The Labute approximate surface area is 129 Å². The second kappa shape index (κ2) is 7.92. The van der Waals surface area contributed by atoms with E-state index in [1.54, 1.807) is 0 Å². The van der Waals surface area contributed by atoms with Crippen LogP contribution in [0.15, 0.2) is 24.3 Å². The lowest BCUT2D eigenvalue weighted by atomic mass is 10.0. The first kappa shape index (κ1) is 16.5. The summed E-state index contributed by atoms with van der Waals surface area (Å²) in [6.07, 6.45) is 1.85. The highest BCUT2D eigenvalue weighted by atomic mass is 16.5. The summed E-state index contributed by atoms with van der Waals surface area (Å²) in [6.45, 7) is 12.9. The minimum absolute atomic E-state index is 0.353. The van der Waals surface area contributed by atoms with Gasteiger partial charge in [-0.2, -0.15) is 0 Å². The van der Waals surface area contributed by atoms with Crippen LogP contribution in [0.3, 0.4) is 0 Å². The molecule has 0 amide bonds. The predicted molar refractivity (Wildman–Crippen MR) is 88.7 cm³/mol. The number of morpholine rings is 1. The summed E-state index contributed by atoms with van der Waals surface area (Å²) in [4.78, 5) is 2.54. The van der Waals surface area contributed by atoms with E-state index in [0.29, 0.717) is 18.2 Å². The average molecular weight is 290 g/mol. The van der Waals surface area contributed by atoms with Crippen molar-refractivity contribution in [3.63, 3.8) is 0 Å². The zero-order valence-corrected chi connectivity index (χ0v) is 13.9. The van der Waals surface area contributed by atoms with Gasteiger partial charge in [0.15, 0.2) is 0 Å². The van der Waals surface area contributed by atoms with Gasteiger partial charge in [-0.15, -0.1) is 0 Å². The van der Waals surface area contributed by atoms with E-state index in [1.165, 1.54) is 11.1 Å². The summed E-state index contributed by atoms with van der Waals surface area (Å²) in [7, 11) is 0. The number of hydrogen-bond donors (Lipinski definition) is 1. The fraction of sp³-hybridized carbons (Fsp3) is 0.667. The fourth-order valence-corrected chi connectivity index (χ4v) is 3.21. The first-order chi connectivity index (χ1) is 10.1. The molecule has 3 nitrogen and oxygen atoms in total. The van der Waals surface area contributed by atoms with Gasteiger partial charge in [-0.3, -0.25) is 4.90 Å². The lowest BCUT2D eigenvalue weighted by molar-refractivity contribution is -0.0685. The van der Waals surface area contributed by atoms with Crippen LogP contribution in [0.2, 0.25) is 0 Å². The van der Waals surface area contributed by atoms with E-state index in [0.717, 1.165) is 32.6 Å². The van der Waals surface area contributed by atoms with Gasteiger partial charge in [-0.05, 0) is 39.3 Å². The van der Waals surface area contributed by atoms with Gasteiger partial charge in [0.1, 0.15) is 0 Å². The number of nitrogens with zero attached hydrogens (tertiary/aromatic N) is 1. The second-order valence-electron chi connectivity index (χ2n) is 6.33. The molecule has 0 spiro atoms. The third-order valence-electron chi connectivity index (χ3n) is 4.16. The molecule has 0 saturated carbocycles. The Bertz CT molecular complexity index is 408. The molecule has 1 N–H and O–H groups in total. The number of aryl methyl sites for hydroxylation is 1. The maximum absolute atomic E-state index is 5.81. The third-order valence-corrected chi connectivity index (χ3v) is 4.16. The Morgan fingerprint density at radius 3 is 2.38 bits per heavy atom. The van der Waals surface area contributed by atoms with Gasteiger partial charge in [0.2, 0.25) is 0 Å². The van der Waals surface area contributed by atoms with Gasteiger partial charge in [0.05, 0.1) is 12.2 Å². The normalized spacial score (nSPS) is 25.0. The molecular weight excluding hydrogens is 260 g/mol. The molecule has 0 bridgehead atoms. The Hall–Kier alpha value is -0.900. The monoisotopic (exact) mass is 290 g/mol. The number of benzene rings is 1. The van der Waals surface area contributed by atoms with Crippen molar-refractivity contribution in [2.75, 3.05) is 26.2 Å². The molecule has 1 aliphatic rings. The smallest absolute Gasteiger partial charge is 0.0678 e. The first-order valence-corrected chi connectivity index (χ1v) is 8.26. The van der Waals surface area contributed by atoms with Gasteiger partial charge >= 0.3 is 0 Å². The molecule has 1 aromatic carbocycles. The van der Waals surface area contributed by atoms with Crippen LogP contribution in [0.1, 0.15) is 44.4 Å². The minimum Gasteiger partial charge on any atom is -0.373 e. The zero-order chi connectivity index (χ0) is 15.2. The van der Waals surface area contributed by atoms with E-state index in [2.05, 4.69) is 62.2 Å². The van der Waals surface area contributed by atoms with Crippen LogP contribution in [0.5, 0.6) is 0 Å². The molecule has 1 aliphatic heterocycles. The maximum atomic E-state index is 5.81. The number of rotatable bonds is 6. The molecule has 1 aromatic rings.